The van der Waals surface area contributed by atoms with E-state index in [1.165, 1.54) is 19.2 Å². The fourth-order valence-electron chi connectivity index (χ4n) is 4.79. The third-order valence-corrected chi connectivity index (χ3v) is 7.26. The summed E-state index contributed by atoms with van der Waals surface area (Å²) in [5.41, 5.74) is 3.72. The number of hydrogen-bond donors (Lipinski definition) is 2. The van der Waals surface area contributed by atoms with Crippen LogP contribution in [0.1, 0.15) is 42.9 Å². The summed E-state index contributed by atoms with van der Waals surface area (Å²) < 4.78 is 11.8. The van der Waals surface area contributed by atoms with Gasteiger partial charge in [0.15, 0.2) is 5.11 Å². The number of amides is 1. The summed E-state index contributed by atoms with van der Waals surface area (Å²) in [4.78, 5) is 29.7. The molecule has 2 N–H and O–H groups in total. The maximum Gasteiger partial charge on any atom is 0.273 e. The number of nitro benzene ring substituents is 1. The fraction of sp³-hybridized carbons (Fsp3) is 0.233. The van der Waals surface area contributed by atoms with Crippen molar-refractivity contribution >= 4 is 40.3 Å². The number of carbonyl (C=O) groups excluding carboxylic acids is 1. The standard InChI is InChI=1S/C30H29N5O5S/c1-17(2)29(36)32-22-11-9-19(15-18(22)3)34-28(27(33-30(34)41)23-7-5-6-14-31-23)25-13-12-24(40-25)21-10-8-20(35(37)38)16-26(21)39-4/h5-17,27-28H,1-4H3,(H,32,36)(H,33,41)/t27-,28-/m0/s1. The third kappa shape index (κ3) is 5.48. The largest absolute Gasteiger partial charge is 0.496 e. The van der Waals surface area contributed by atoms with Crippen LogP contribution in [0.2, 0.25) is 0 Å². The zero-order valence-electron chi connectivity index (χ0n) is 23.0. The lowest BCUT2D eigenvalue weighted by Crippen LogP contribution is -2.29. The van der Waals surface area contributed by atoms with Gasteiger partial charge < -0.3 is 24.7 Å². The van der Waals surface area contributed by atoms with Crippen LogP contribution in [0, 0.1) is 23.0 Å². The van der Waals surface area contributed by atoms with E-state index in [4.69, 9.17) is 21.4 Å². The van der Waals surface area contributed by atoms with Gasteiger partial charge >= 0.3 is 0 Å². The lowest BCUT2D eigenvalue weighted by atomic mass is 10.0. The van der Waals surface area contributed by atoms with Crippen molar-refractivity contribution in [2.45, 2.75) is 32.9 Å². The number of pyridine rings is 1. The molecule has 0 unspecified atom stereocenters. The molecule has 5 rings (SSSR count). The first-order valence-corrected chi connectivity index (χ1v) is 13.4. The molecule has 1 amide bonds. The molecule has 2 atom stereocenters. The van der Waals surface area contributed by atoms with Crippen LogP contribution in [0.15, 0.2) is 77.3 Å². The summed E-state index contributed by atoms with van der Waals surface area (Å²) in [6.45, 7) is 5.63. The van der Waals surface area contributed by atoms with Crippen LogP contribution >= 0.6 is 12.2 Å². The molecule has 41 heavy (non-hydrogen) atoms. The number of anilines is 2. The summed E-state index contributed by atoms with van der Waals surface area (Å²) in [6, 6.07) is 18.8. The summed E-state index contributed by atoms with van der Waals surface area (Å²) >= 11 is 5.83. The van der Waals surface area contributed by atoms with Crippen molar-refractivity contribution in [1.82, 2.24) is 10.3 Å². The number of rotatable bonds is 8. The second-order valence-electron chi connectivity index (χ2n) is 9.98. The number of carbonyl (C=O) groups is 1. The summed E-state index contributed by atoms with van der Waals surface area (Å²) in [6.07, 6.45) is 1.73. The Morgan fingerprint density at radius 1 is 1.17 bits per heavy atom. The van der Waals surface area contributed by atoms with E-state index >= 15 is 0 Å². The number of furan rings is 1. The van der Waals surface area contributed by atoms with Crippen molar-refractivity contribution in [3.8, 4) is 17.1 Å². The minimum absolute atomic E-state index is 0.0583. The van der Waals surface area contributed by atoms with Gasteiger partial charge in [-0.05, 0) is 73.2 Å². The molecule has 0 bridgehead atoms. The number of nitrogens with one attached hydrogen (secondary N) is 2. The van der Waals surface area contributed by atoms with Gasteiger partial charge in [0.25, 0.3) is 5.69 Å². The van der Waals surface area contributed by atoms with Crippen molar-refractivity contribution in [3.63, 3.8) is 0 Å². The van der Waals surface area contributed by atoms with Crippen LogP contribution < -0.4 is 20.3 Å². The van der Waals surface area contributed by atoms with Crippen molar-refractivity contribution in [2.75, 3.05) is 17.3 Å². The maximum absolute atomic E-state index is 12.3. The minimum Gasteiger partial charge on any atom is -0.496 e. The average Bonchev–Trinajstić information content (AvgIpc) is 3.58. The maximum atomic E-state index is 12.3. The number of nitrogens with zero attached hydrogens (tertiary/aromatic N) is 3. The van der Waals surface area contributed by atoms with Crippen molar-refractivity contribution < 1.29 is 18.9 Å². The molecule has 0 spiro atoms. The highest BCUT2D eigenvalue weighted by molar-refractivity contribution is 7.80. The number of aryl methyl sites for hydroxylation is 1. The molecule has 2 aromatic heterocycles. The molecule has 0 saturated carbocycles. The van der Waals surface area contributed by atoms with E-state index in [9.17, 15) is 14.9 Å². The molecule has 1 aliphatic rings. The van der Waals surface area contributed by atoms with Gasteiger partial charge in [0.05, 0.1) is 35.4 Å². The first kappa shape index (κ1) is 27.8. The number of non-ortho nitro benzene ring substituents is 1. The summed E-state index contributed by atoms with van der Waals surface area (Å²) in [5, 5.41) is 18.1. The van der Waals surface area contributed by atoms with Gasteiger partial charge in [-0.15, -0.1) is 0 Å². The van der Waals surface area contributed by atoms with E-state index in [2.05, 4.69) is 15.6 Å². The monoisotopic (exact) mass is 571 g/mol. The minimum atomic E-state index is -0.470. The number of hydrogen-bond acceptors (Lipinski definition) is 7. The average molecular weight is 572 g/mol. The molecule has 1 aliphatic heterocycles. The number of methoxy groups -OCH3 is 1. The number of ether oxygens (including phenoxy) is 1. The highest BCUT2D eigenvalue weighted by Crippen LogP contribution is 2.44. The number of nitro groups is 1. The molecule has 4 aromatic rings. The van der Waals surface area contributed by atoms with E-state index in [0.29, 0.717) is 27.9 Å². The fourth-order valence-corrected chi connectivity index (χ4v) is 5.14. The van der Waals surface area contributed by atoms with Gasteiger partial charge in [-0.3, -0.25) is 19.9 Å². The molecule has 0 radical (unpaired) electrons. The normalized spacial score (nSPS) is 16.5. The third-order valence-electron chi connectivity index (χ3n) is 6.95. The zero-order chi connectivity index (χ0) is 29.3. The molecular weight excluding hydrogens is 542 g/mol. The number of aromatic nitrogens is 1. The number of thiocarbonyl (C=S) groups is 1. The zero-order valence-corrected chi connectivity index (χ0v) is 23.8. The predicted molar refractivity (Wildman–Crippen MR) is 160 cm³/mol. The Morgan fingerprint density at radius 3 is 2.63 bits per heavy atom. The van der Waals surface area contributed by atoms with Crippen LogP contribution in [0.4, 0.5) is 17.1 Å². The van der Waals surface area contributed by atoms with Gasteiger partial charge in [0, 0.05) is 29.6 Å². The summed E-state index contributed by atoms with van der Waals surface area (Å²) in [7, 11) is 1.46. The van der Waals surface area contributed by atoms with Crippen molar-refractivity contribution in [1.29, 1.82) is 0 Å². The Kier molecular flexibility index (Phi) is 7.71. The predicted octanol–water partition coefficient (Wildman–Crippen LogP) is 6.34. The van der Waals surface area contributed by atoms with Gasteiger partial charge in [-0.2, -0.15) is 0 Å². The highest BCUT2D eigenvalue weighted by Gasteiger charge is 2.42. The Bertz CT molecular complexity index is 1620. The van der Waals surface area contributed by atoms with Crippen LogP contribution in [0.25, 0.3) is 11.3 Å². The van der Waals surface area contributed by atoms with Crippen molar-refractivity contribution in [3.05, 3.63) is 100 Å². The van der Waals surface area contributed by atoms with Gasteiger partial charge in [0.1, 0.15) is 23.3 Å². The molecule has 210 valence electrons. The van der Waals surface area contributed by atoms with Crippen molar-refractivity contribution in [2.24, 2.45) is 5.92 Å². The van der Waals surface area contributed by atoms with E-state index in [-0.39, 0.29) is 23.6 Å². The Hall–Kier alpha value is -4.77. The van der Waals surface area contributed by atoms with E-state index in [1.54, 1.807) is 12.3 Å². The molecule has 3 heterocycles. The second-order valence-corrected chi connectivity index (χ2v) is 10.4. The van der Waals surface area contributed by atoms with Crippen LogP contribution in [-0.4, -0.2) is 28.0 Å². The van der Waals surface area contributed by atoms with Gasteiger partial charge in [0.2, 0.25) is 5.91 Å². The molecule has 1 saturated heterocycles. The Labute approximate surface area is 242 Å². The van der Waals surface area contributed by atoms with Gasteiger partial charge in [-0.1, -0.05) is 19.9 Å². The highest BCUT2D eigenvalue weighted by atomic mass is 32.1. The van der Waals surface area contributed by atoms with Crippen LogP contribution in [0.5, 0.6) is 5.75 Å². The lowest BCUT2D eigenvalue weighted by Gasteiger charge is -2.27. The number of benzene rings is 2. The second kappa shape index (κ2) is 11.4. The first-order chi connectivity index (χ1) is 19.7. The molecule has 2 aromatic carbocycles. The first-order valence-electron chi connectivity index (χ1n) is 13.0. The topological polar surface area (TPSA) is 123 Å². The quantitative estimate of drug-likeness (QED) is 0.142. The molecule has 1 fully saturated rings. The van der Waals surface area contributed by atoms with Crippen LogP contribution in [0.3, 0.4) is 0 Å². The molecule has 10 nitrogen and oxygen atoms in total. The van der Waals surface area contributed by atoms with E-state index in [0.717, 1.165) is 22.6 Å². The molecular formula is C30H29N5O5S. The Morgan fingerprint density at radius 2 is 1.98 bits per heavy atom. The molecule has 0 aliphatic carbocycles. The smallest absolute Gasteiger partial charge is 0.273 e. The van der Waals surface area contributed by atoms with Gasteiger partial charge in [-0.25, -0.2) is 0 Å². The van der Waals surface area contributed by atoms with E-state index < -0.39 is 11.0 Å². The summed E-state index contributed by atoms with van der Waals surface area (Å²) in [5.74, 6) is 1.23. The Balaban J connectivity index is 1.56. The SMILES string of the molecule is COc1cc([N+](=O)[O-])ccc1-c1ccc([C@H]2[C@H](c3ccccn3)NC(=S)N2c2ccc(NC(=O)C(C)C)c(C)c2)o1. The van der Waals surface area contributed by atoms with E-state index in [1.807, 2.05) is 74.2 Å². The van der Waals surface area contributed by atoms with Crippen LogP contribution in [-0.2, 0) is 4.79 Å². The molecule has 11 heteroatoms. The lowest BCUT2D eigenvalue weighted by molar-refractivity contribution is -0.384.